The largest absolute Gasteiger partial charge is 0.462 e. The molecule has 0 N–H and O–H groups in total. The fourth-order valence-corrected chi connectivity index (χ4v) is 8.62. The molecule has 0 fully saturated rings. The number of hydrogen-bond acceptors (Lipinski definition) is 5. The Hall–Kier alpha value is -1.62. The van der Waals surface area contributed by atoms with Crippen molar-refractivity contribution in [2.75, 3.05) is 19.8 Å². The van der Waals surface area contributed by atoms with Crippen LogP contribution in [0.2, 0.25) is 0 Å². The molecule has 0 aromatic rings. The molecular formula is C59H112O5. The van der Waals surface area contributed by atoms with Crippen LogP contribution in [0.5, 0.6) is 0 Å². The molecule has 0 aromatic heterocycles. The van der Waals surface area contributed by atoms with Crippen LogP contribution in [0.15, 0.2) is 24.3 Å². The van der Waals surface area contributed by atoms with Crippen molar-refractivity contribution >= 4 is 11.9 Å². The first-order valence-electron chi connectivity index (χ1n) is 28.9. The van der Waals surface area contributed by atoms with Gasteiger partial charge in [0.25, 0.3) is 0 Å². The smallest absolute Gasteiger partial charge is 0.306 e. The van der Waals surface area contributed by atoms with Crippen LogP contribution < -0.4 is 0 Å². The molecule has 0 aliphatic rings. The van der Waals surface area contributed by atoms with Crippen molar-refractivity contribution in [3.63, 3.8) is 0 Å². The Kier molecular flexibility index (Phi) is 54.3. The monoisotopic (exact) mass is 901 g/mol. The van der Waals surface area contributed by atoms with E-state index in [-0.39, 0.29) is 18.5 Å². The van der Waals surface area contributed by atoms with Gasteiger partial charge in [-0.05, 0) is 70.6 Å². The molecule has 0 rings (SSSR count). The number of carbonyl (C=O) groups is 2. The van der Waals surface area contributed by atoms with Gasteiger partial charge in [-0.25, -0.2) is 0 Å². The summed E-state index contributed by atoms with van der Waals surface area (Å²) in [6.07, 6.45) is 66.3. The number of unbranched alkanes of at least 4 members (excludes halogenated alkanes) is 39. The van der Waals surface area contributed by atoms with E-state index in [1.807, 2.05) is 0 Å². The second kappa shape index (κ2) is 55.7. The van der Waals surface area contributed by atoms with Crippen LogP contribution in [0.1, 0.15) is 316 Å². The predicted octanol–water partition coefficient (Wildman–Crippen LogP) is 19.6. The topological polar surface area (TPSA) is 61.8 Å². The van der Waals surface area contributed by atoms with E-state index in [0.29, 0.717) is 26.1 Å². The van der Waals surface area contributed by atoms with Gasteiger partial charge >= 0.3 is 11.9 Å². The van der Waals surface area contributed by atoms with Crippen LogP contribution in [0.25, 0.3) is 0 Å². The quantitative estimate of drug-likeness (QED) is 0.0346. The van der Waals surface area contributed by atoms with Gasteiger partial charge in [0.1, 0.15) is 6.61 Å². The van der Waals surface area contributed by atoms with Gasteiger partial charge in [-0.15, -0.1) is 0 Å². The average molecular weight is 902 g/mol. The Bertz CT molecular complexity index is 974. The summed E-state index contributed by atoms with van der Waals surface area (Å²) in [5.41, 5.74) is 0. The second-order valence-electron chi connectivity index (χ2n) is 19.5. The molecule has 0 aromatic carbocycles. The van der Waals surface area contributed by atoms with Crippen molar-refractivity contribution in [1.82, 2.24) is 0 Å². The minimum Gasteiger partial charge on any atom is -0.462 e. The molecule has 0 amide bonds. The average Bonchev–Trinajstić information content (AvgIpc) is 3.30. The van der Waals surface area contributed by atoms with E-state index in [0.717, 1.165) is 44.9 Å². The van der Waals surface area contributed by atoms with Crippen LogP contribution in [0, 0.1) is 0 Å². The highest BCUT2D eigenvalue weighted by Crippen LogP contribution is 2.16. The normalized spacial score (nSPS) is 12.2. The Labute approximate surface area is 400 Å². The molecule has 0 aliphatic heterocycles. The van der Waals surface area contributed by atoms with E-state index in [2.05, 4.69) is 45.1 Å². The lowest BCUT2D eigenvalue weighted by molar-refractivity contribution is -0.163. The second-order valence-corrected chi connectivity index (χ2v) is 19.5. The number of rotatable bonds is 54. The summed E-state index contributed by atoms with van der Waals surface area (Å²) in [6.45, 7) is 7.87. The first kappa shape index (κ1) is 62.4. The Morgan fingerprint density at radius 2 is 0.609 bits per heavy atom. The molecule has 0 radical (unpaired) electrons. The van der Waals surface area contributed by atoms with E-state index >= 15 is 0 Å². The highest BCUT2D eigenvalue weighted by atomic mass is 16.6. The fourth-order valence-electron chi connectivity index (χ4n) is 8.62. The summed E-state index contributed by atoms with van der Waals surface area (Å²) in [7, 11) is 0. The lowest BCUT2D eigenvalue weighted by Crippen LogP contribution is -2.30. The molecule has 64 heavy (non-hydrogen) atoms. The van der Waals surface area contributed by atoms with Gasteiger partial charge < -0.3 is 14.2 Å². The maximum absolute atomic E-state index is 12.8. The molecule has 1 unspecified atom stereocenters. The third-order valence-electron chi connectivity index (χ3n) is 13.0. The molecule has 0 bridgehead atoms. The fraction of sp³-hybridized carbons (Fsp3) is 0.898. The molecule has 0 saturated heterocycles. The number of hydrogen-bond donors (Lipinski definition) is 0. The Morgan fingerprint density at radius 3 is 0.953 bits per heavy atom. The van der Waals surface area contributed by atoms with Crippen LogP contribution in [-0.2, 0) is 23.8 Å². The highest BCUT2D eigenvalue weighted by molar-refractivity contribution is 5.70. The molecule has 1 atom stereocenters. The van der Waals surface area contributed by atoms with E-state index in [4.69, 9.17) is 14.2 Å². The van der Waals surface area contributed by atoms with E-state index in [9.17, 15) is 9.59 Å². The van der Waals surface area contributed by atoms with Crippen LogP contribution in [0.3, 0.4) is 0 Å². The number of ether oxygens (including phenoxy) is 3. The zero-order valence-electron chi connectivity index (χ0n) is 43.6. The third kappa shape index (κ3) is 53.0. The maximum Gasteiger partial charge on any atom is 0.306 e. The van der Waals surface area contributed by atoms with Crippen molar-refractivity contribution < 1.29 is 23.8 Å². The van der Waals surface area contributed by atoms with Crippen LogP contribution in [0.4, 0.5) is 0 Å². The number of allylic oxidation sites excluding steroid dienone is 4. The highest BCUT2D eigenvalue weighted by Gasteiger charge is 2.17. The first-order valence-corrected chi connectivity index (χ1v) is 28.9. The minimum atomic E-state index is -0.534. The molecule has 378 valence electrons. The molecule has 5 heteroatoms. The van der Waals surface area contributed by atoms with E-state index < -0.39 is 6.10 Å². The standard InChI is InChI=1S/C59H112O5/c1-4-7-10-13-16-19-22-25-27-28-29-30-31-33-36-39-42-45-48-51-54-62-55-57(64-59(61)53-50-47-44-41-38-34-24-21-18-15-12-9-6-3)56-63-58(60)52-49-46-43-40-37-35-32-26-23-20-17-14-11-8-5-2/h25-27,32,57H,4-24,28-31,33-56H2,1-3H3/b27-25-,32-26-. The summed E-state index contributed by atoms with van der Waals surface area (Å²) in [5, 5.41) is 0. The molecular weight excluding hydrogens is 789 g/mol. The lowest BCUT2D eigenvalue weighted by Gasteiger charge is -2.18. The molecule has 0 spiro atoms. The zero-order chi connectivity index (χ0) is 46.3. The summed E-state index contributed by atoms with van der Waals surface area (Å²) in [5.74, 6) is -0.387. The maximum atomic E-state index is 12.8. The van der Waals surface area contributed by atoms with Crippen molar-refractivity contribution in [3.8, 4) is 0 Å². The Balaban J connectivity index is 4.20. The summed E-state index contributed by atoms with van der Waals surface area (Å²) in [6, 6.07) is 0. The van der Waals surface area contributed by atoms with Crippen molar-refractivity contribution in [2.45, 2.75) is 322 Å². The zero-order valence-corrected chi connectivity index (χ0v) is 43.6. The van der Waals surface area contributed by atoms with Gasteiger partial charge in [0, 0.05) is 19.4 Å². The first-order chi connectivity index (χ1) is 31.6. The minimum absolute atomic E-state index is 0.0875. The molecule has 5 nitrogen and oxygen atoms in total. The summed E-state index contributed by atoms with van der Waals surface area (Å²) < 4.78 is 17.5. The van der Waals surface area contributed by atoms with Crippen molar-refractivity contribution in [1.29, 1.82) is 0 Å². The van der Waals surface area contributed by atoms with Gasteiger partial charge in [0.2, 0.25) is 0 Å². The number of carbonyl (C=O) groups excluding carboxylic acids is 2. The number of esters is 2. The predicted molar refractivity (Wildman–Crippen MR) is 279 cm³/mol. The summed E-state index contributed by atoms with van der Waals surface area (Å²) in [4.78, 5) is 25.5. The lowest BCUT2D eigenvalue weighted by atomic mass is 10.0. The van der Waals surface area contributed by atoms with Crippen molar-refractivity contribution in [2.24, 2.45) is 0 Å². The van der Waals surface area contributed by atoms with E-state index in [1.54, 1.807) is 0 Å². The Morgan fingerprint density at radius 1 is 0.328 bits per heavy atom. The van der Waals surface area contributed by atoms with Crippen molar-refractivity contribution in [3.05, 3.63) is 24.3 Å². The van der Waals surface area contributed by atoms with Gasteiger partial charge in [-0.3, -0.25) is 9.59 Å². The van der Waals surface area contributed by atoms with Gasteiger partial charge in [0.05, 0.1) is 6.61 Å². The van der Waals surface area contributed by atoms with Crippen LogP contribution >= 0.6 is 0 Å². The summed E-state index contributed by atoms with van der Waals surface area (Å²) >= 11 is 0. The third-order valence-corrected chi connectivity index (χ3v) is 13.0. The molecule has 0 heterocycles. The molecule has 0 saturated carbocycles. The van der Waals surface area contributed by atoms with Gasteiger partial charge in [-0.1, -0.05) is 257 Å². The van der Waals surface area contributed by atoms with Gasteiger partial charge in [-0.2, -0.15) is 0 Å². The van der Waals surface area contributed by atoms with Gasteiger partial charge in [0.15, 0.2) is 6.10 Å². The van der Waals surface area contributed by atoms with Crippen LogP contribution in [-0.4, -0.2) is 37.9 Å². The molecule has 0 aliphatic carbocycles. The van der Waals surface area contributed by atoms with E-state index in [1.165, 1.54) is 238 Å². The SMILES string of the molecule is CCCCCCCC/C=C\CCCCCCCCCCCCOCC(COC(=O)CCCCCCC/C=C\CCCCCCCC)OC(=O)CCCCCCCCCCCCCCC.